The Bertz CT molecular complexity index is 849. The number of benzene rings is 1. The lowest BCUT2D eigenvalue weighted by Crippen LogP contribution is -2.46. The Balaban J connectivity index is 1.71. The van der Waals surface area contributed by atoms with Crippen molar-refractivity contribution in [1.29, 1.82) is 0 Å². The van der Waals surface area contributed by atoms with Crippen LogP contribution in [0.4, 0.5) is 11.6 Å². The molecule has 1 saturated heterocycles. The molecule has 2 aromatic rings. The highest BCUT2D eigenvalue weighted by atomic mass is 16.5. The lowest BCUT2D eigenvalue weighted by Gasteiger charge is -2.32. The van der Waals surface area contributed by atoms with Gasteiger partial charge >= 0.3 is 5.97 Å². The molecule has 1 N–H and O–H groups in total. The summed E-state index contributed by atoms with van der Waals surface area (Å²) in [6, 6.07) is 7.98. The Labute approximate surface area is 156 Å². The standard InChI is InChI=1S/C18H19N5O4/c1-27-17(26)13-3-2-4-14(11-13)20-16(25)15-5-6-19-18(21-15)23-9-7-22(12-24)8-10-23/h2-6,11-12H,7-10H2,1H3,(H,20,25). The first kappa shape index (κ1) is 18.3. The minimum Gasteiger partial charge on any atom is -0.465 e. The monoisotopic (exact) mass is 369 g/mol. The summed E-state index contributed by atoms with van der Waals surface area (Å²) < 4.78 is 4.68. The van der Waals surface area contributed by atoms with Crippen LogP contribution in [-0.2, 0) is 9.53 Å². The van der Waals surface area contributed by atoms with Crippen LogP contribution in [0.15, 0.2) is 36.5 Å². The van der Waals surface area contributed by atoms with E-state index >= 15 is 0 Å². The molecular weight excluding hydrogens is 350 g/mol. The number of piperazine rings is 1. The summed E-state index contributed by atoms with van der Waals surface area (Å²) in [6.07, 6.45) is 2.35. The number of nitrogens with one attached hydrogen (secondary N) is 1. The van der Waals surface area contributed by atoms with Crippen LogP contribution in [0.5, 0.6) is 0 Å². The zero-order valence-corrected chi connectivity index (χ0v) is 14.8. The molecular formula is C18H19N5O4. The third-order valence-electron chi connectivity index (χ3n) is 4.16. The van der Waals surface area contributed by atoms with Crippen molar-refractivity contribution >= 4 is 29.9 Å². The van der Waals surface area contributed by atoms with Gasteiger partial charge in [0.25, 0.3) is 5.91 Å². The van der Waals surface area contributed by atoms with Gasteiger partial charge in [-0.25, -0.2) is 14.8 Å². The molecule has 1 fully saturated rings. The van der Waals surface area contributed by atoms with Gasteiger partial charge in [-0.05, 0) is 24.3 Å². The molecule has 0 atom stereocenters. The van der Waals surface area contributed by atoms with Gasteiger partial charge in [0.15, 0.2) is 0 Å². The average molecular weight is 369 g/mol. The lowest BCUT2D eigenvalue weighted by atomic mass is 10.2. The van der Waals surface area contributed by atoms with E-state index in [-0.39, 0.29) is 5.69 Å². The number of amides is 2. The Hall–Kier alpha value is -3.49. The molecule has 0 aliphatic carbocycles. The maximum atomic E-state index is 12.5. The van der Waals surface area contributed by atoms with E-state index in [1.165, 1.54) is 25.4 Å². The minimum atomic E-state index is -0.482. The molecule has 1 aliphatic heterocycles. The molecule has 3 rings (SSSR count). The van der Waals surface area contributed by atoms with Crippen molar-refractivity contribution in [2.24, 2.45) is 0 Å². The van der Waals surface area contributed by atoms with Gasteiger partial charge in [-0.3, -0.25) is 9.59 Å². The quantitative estimate of drug-likeness (QED) is 0.614. The molecule has 9 nitrogen and oxygen atoms in total. The fourth-order valence-electron chi connectivity index (χ4n) is 2.69. The van der Waals surface area contributed by atoms with Crippen LogP contribution < -0.4 is 10.2 Å². The molecule has 140 valence electrons. The predicted octanol–water partition coefficient (Wildman–Crippen LogP) is 0.794. The lowest BCUT2D eigenvalue weighted by molar-refractivity contribution is -0.118. The van der Waals surface area contributed by atoms with E-state index in [2.05, 4.69) is 20.0 Å². The minimum absolute atomic E-state index is 0.210. The number of ether oxygens (including phenoxy) is 1. The maximum absolute atomic E-state index is 12.5. The summed E-state index contributed by atoms with van der Waals surface area (Å²) in [6.45, 7) is 2.38. The number of hydrogen-bond donors (Lipinski definition) is 1. The van der Waals surface area contributed by atoms with Crippen LogP contribution in [0.3, 0.4) is 0 Å². The highest BCUT2D eigenvalue weighted by molar-refractivity contribution is 6.03. The molecule has 9 heteroatoms. The smallest absolute Gasteiger partial charge is 0.337 e. The van der Waals surface area contributed by atoms with E-state index in [0.717, 1.165) is 6.41 Å². The van der Waals surface area contributed by atoms with E-state index in [9.17, 15) is 14.4 Å². The summed E-state index contributed by atoms with van der Waals surface area (Å²) >= 11 is 0. The van der Waals surface area contributed by atoms with Gasteiger partial charge in [-0.15, -0.1) is 0 Å². The number of aromatic nitrogens is 2. The van der Waals surface area contributed by atoms with Crippen molar-refractivity contribution in [3.8, 4) is 0 Å². The van der Waals surface area contributed by atoms with Crippen molar-refractivity contribution in [3.63, 3.8) is 0 Å². The zero-order valence-electron chi connectivity index (χ0n) is 14.8. The van der Waals surface area contributed by atoms with Crippen LogP contribution in [0.2, 0.25) is 0 Å². The second-order valence-electron chi connectivity index (χ2n) is 5.90. The van der Waals surface area contributed by atoms with Crippen LogP contribution >= 0.6 is 0 Å². The Morgan fingerprint density at radius 3 is 2.67 bits per heavy atom. The number of anilines is 2. The summed E-state index contributed by atoms with van der Waals surface area (Å²) in [4.78, 5) is 47.1. The van der Waals surface area contributed by atoms with Gasteiger partial charge < -0.3 is 19.9 Å². The fraction of sp³-hybridized carbons (Fsp3) is 0.278. The summed E-state index contributed by atoms with van der Waals surface area (Å²) in [5, 5.41) is 2.71. The van der Waals surface area contributed by atoms with E-state index in [1.807, 2.05) is 4.90 Å². The van der Waals surface area contributed by atoms with Gasteiger partial charge in [-0.2, -0.15) is 0 Å². The van der Waals surface area contributed by atoms with Crippen molar-refractivity contribution in [2.75, 3.05) is 43.5 Å². The Kier molecular flexibility index (Phi) is 5.60. The second kappa shape index (κ2) is 8.26. The number of carbonyl (C=O) groups excluding carboxylic acids is 3. The Morgan fingerprint density at radius 2 is 1.96 bits per heavy atom. The second-order valence-corrected chi connectivity index (χ2v) is 5.90. The molecule has 0 radical (unpaired) electrons. The van der Waals surface area contributed by atoms with Gasteiger partial charge in [0.2, 0.25) is 12.4 Å². The molecule has 2 amide bonds. The van der Waals surface area contributed by atoms with Crippen LogP contribution in [0.25, 0.3) is 0 Å². The molecule has 0 saturated carbocycles. The SMILES string of the molecule is COC(=O)c1cccc(NC(=O)c2ccnc(N3CCN(C=O)CC3)n2)c1. The van der Waals surface area contributed by atoms with Crippen molar-refractivity contribution in [2.45, 2.75) is 0 Å². The molecule has 0 bridgehead atoms. The number of carbonyl (C=O) groups is 3. The highest BCUT2D eigenvalue weighted by Gasteiger charge is 2.19. The van der Waals surface area contributed by atoms with Crippen LogP contribution in [0.1, 0.15) is 20.8 Å². The fourth-order valence-corrected chi connectivity index (χ4v) is 2.69. The van der Waals surface area contributed by atoms with Gasteiger partial charge in [0.05, 0.1) is 12.7 Å². The first-order valence-corrected chi connectivity index (χ1v) is 8.38. The van der Waals surface area contributed by atoms with Crippen LogP contribution in [0, 0.1) is 0 Å². The molecule has 0 spiro atoms. The van der Waals surface area contributed by atoms with E-state index in [1.54, 1.807) is 23.1 Å². The normalized spacial score (nSPS) is 13.8. The largest absolute Gasteiger partial charge is 0.465 e. The number of nitrogens with zero attached hydrogens (tertiary/aromatic N) is 4. The molecule has 1 aromatic carbocycles. The van der Waals surface area contributed by atoms with E-state index < -0.39 is 11.9 Å². The molecule has 2 heterocycles. The van der Waals surface area contributed by atoms with Gasteiger partial charge in [0, 0.05) is 38.1 Å². The number of rotatable bonds is 5. The van der Waals surface area contributed by atoms with Crippen LogP contribution in [-0.4, -0.2) is 66.4 Å². The molecule has 1 aromatic heterocycles. The first-order valence-electron chi connectivity index (χ1n) is 8.38. The maximum Gasteiger partial charge on any atom is 0.337 e. The third kappa shape index (κ3) is 4.38. The average Bonchev–Trinajstić information content (AvgIpc) is 2.73. The van der Waals surface area contributed by atoms with Gasteiger partial charge in [0.1, 0.15) is 5.69 Å². The van der Waals surface area contributed by atoms with Gasteiger partial charge in [-0.1, -0.05) is 6.07 Å². The van der Waals surface area contributed by atoms with E-state index in [0.29, 0.717) is 43.4 Å². The van der Waals surface area contributed by atoms with Crippen molar-refractivity contribution in [1.82, 2.24) is 14.9 Å². The summed E-state index contributed by atoms with van der Waals surface area (Å²) in [5.41, 5.74) is 1.01. The predicted molar refractivity (Wildman–Crippen MR) is 97.6 cm³/mol. The topological polar surface area (TPSA) is 105 Å². The number of esters is 1. The number of hydrogen-bond acceptors (Lipinski definition) is 7. The van der Waals surface area contributed by atoms with E-state index in [4.69, 9.17) is 0 Å². The zero-order chi connectivity index (χ0) is 19.2. The molecule has 27 heavy (non-hydrogen) atoms. The molecule has 1 aliphatic rings. The van der Waals surface area contributed by atoms with Crippen molar-refractivity contribution < 1.29 is 19.1 Å². The van der Waals surface area contributed by atoms with Crippen molar-refractivity contribution in [3.05, 3.63) is 47.8 Å². The Morgan fingerprint density at radius 1 is 1.19 bits per heavy atom. The first-order chi connectivity index (χ1) is 13.1. The third-order valence-corrected chi connectivity index (χ3v) is 4.16. The number of methoxy groups -OCH3 is 1. The summed E-state index contributed by atoms with van der Waals surface area (Å²) in [7, 11) is 1.30. The summed E-state index contributed by atoms with van der Waals surface area (Å²) in [5.74, 6) is -0.450. The highest BCUT2D eigenvalue weighted by Crippen LogP contribution is 2.14. The molecule has 0 unspecified atom stereocenters.